The van der Waals surface area contributed by atoms with Gasteiger partial charge in [0, 0.05) is 13.1 Å². The summed E-state index contributed by atoms with van der Waals surface area (Å²) in [4.78, 5) is 4.24. The SMILES string of the molecule is CS(=O)(=O)N1CCC[C@@H](c2nc(-c3ccccc3F)no2)C1. The first-order valence-corrected chi connectivity index (χ1v) is 8.83. The molecule has 0 radical (unpaired) electrons. The minimum atomic E-state index is -3.24. The number of halogens is 1. The molecule has 0 spiro atoms. The fraction of sp³-hybridized carbons (Fsp3) is 0.429. The van der Waals surface area contributed by atoms with Gasteiger partial charge < -0.3 is 4.52 Å². The summed E-state index contributed by atoms with van der Waals surface area (Å²) >= 11 is 0. The minimum absolute atomic E-state index is 0.156. The first-order chi connectivity index (χ1) is 10.4. The van der Waals surface area contributed by atoms with Gasteiger partial charge in [0.25, 0.3) is 0 Å². The second-order valence-corrected chi connectivity index (χ2v) is 7.38. The van der Waals surface area contributed by atoms with Crippen LogP contribution < -0.4 is 0 Å². The van der Waals surface area contributed by atoms with Gasteiger partial charge in [-0.15, -0.1) is 0 Å². The maximum Gasteiger partial charge on any atom is 0.231 e. The molecule has 2 heterocycles. The third-order valence-electron chi connectivity index (χ3n) is 3.76. The summed E-state index contributed by atoms with van der Waals surface area (Å²) in [5, 5.41) is 3.82. The smallest absolute Gasteiger partial charge is 0.231 e. The first-order valence-electron chi connectivity index (χ1n) is 6.99. The van der Waals surface area contributed by atoms with E-state index in [0.717, 1.165) is 12.8 Å². The zero-order chi connectivity index (χ0) is 15.7. The van der Waals surface area contributed by atoms with Crippen molar-refractivity contribution < 1.29 is 17.3 Å². The zero-order valence-electron chi connectivity index (χ0n) is 12.1. The van der Waals surface area contributed by atoms with Gasteiger partial charge >= 0.3 is 0 Å². The number of rotatable bonds is 3. The molecule has 2 aromatic rings. The Kier molecular flexibility index (Phi) is 3.96. The molecule has 8 heteroatoms. The fourth-order valence-electron chi connectivity index (χ4n) is 2.60. The number of nitrogens with zero attached hydrogens (tertiary/aromatic N) is 3. The number of benzene rings is 1. The highest BCUT2D eigenvalue weighted by Crippen LogP contribution is 2.29. The van der Waals surface area contributed by atoms with E-state index in [-0.39, 0.29) is 17.3 Å². The van der Waals surface area contributed by atoms with Crippen LogP contribution in [-0.4, -0.2) is 42.2 Å². The van der Waals surface area contributed by atoms with Gasteiger partial charge in [-0.05, 0) is 25.0 Å². The van der Waals surface area contributed by atoms with Crippen molar-refractivity contribution in [3.8, 4) is 11.4 Å². The largest absolute Gasteiger partial charge is 0.339 e. The van der Waals surface area contributed by atoms with Crippen molar-refractivity contribution in [3.05, 3.63) is 36.0 Å². The number of piperidine rings is 1. The molecule has 1 aliphatic heterocycles. The third kappa shape index (κ3) is 3.02. The lowest BCUT2D eigenvalue weighted by Crippen LogP contribution is -2.38. The van der Waals surface area contributed by atoms with Crippen LogP contribution in [-0.2, 0) is 10.0 Å². The van der Waals surface area contributed by atoms with Crippen LogP contribution in [0.3, 0.4) is 0 Å². The molecule has 1 fully saturated rings. The lowest BCUT2D eigenvalue weighted by Gasteiger charge is -2.28. The Hall–Kier alpha value is -1.80. The highest BCUT2D eigenvalue weighted by molar-refractivity contribution is 7.88. The molecular weight excluding hydrogens is 309 g/mol. The molecule has 0 amide bonds. The summed E-state index contributed by atoms with van der Waals surface area (Å²) in [5.41, 5.74) is 0.272. The Morgan fingerprint density at radius 2 is 2.14 bits per heavy atom. The molecule has 1 aromatic heterocycles. The maximum absolute atomic E-state index is 13.7. The van der Waals surface area contributed by atoms with Crippen LogP contribution in [0.5, 0.6) is 0 Å². The summed E-state index contributed by atoms with van der Waals surface area (Å²) in [6, 6.07) is 6.19. The van der Waals surface area contributed by atoms with E-state index in [9.17, 15) is 12.8 Å². The molecule has 0 saturated carbocycles. The van der Waals surface area contributed by atoms with E-state index >= 15 is 0 Å². The van der Waals surface area contributed by atoms with Crippen LogP contribution in [0.25, 0.3) is 11.4 Å². The average Bonchev–Trinajstić information content (AvgIpc) is 2.97. The third-order valence-corrected chi connectivity index (χ3v) is 5.03. The number of hydrogen-bond acceptors (Lipinski definition) is 5. The predicted octanol–water partition coefficient (Wildman–Crippen LogP) is 2.01. The predicted molar refractivity (Wildman–Crippen MR) is 78.1 cm³/mol. The van der Waals surface area contributed by atoms with Crippen molar-refractivity contribution >= 4 is 10.0 Å². The van der Waals surface area contributed by atoms with E-state index in [0.29, 0.717) is 19.0 Å². The van der Waals surface area contributed by atoms with Gasteiger partial charge in [0.1, 0.15) is 5.82 Å². The van der Waals surface area contributed by atoms with Crippen molar-refractivity contribution in [1.82, 2.24) is 14.4 Å². The Bertz CT molecular complexity index is 775. The number of sulfonamides is 1. The molecule has 1 aromatic carbocycles. The molecule has 0 N–H and O–H groups in total. The molecule has 1 aliphatic rings. The minimum Gasteiger partial charge on any atom is -0.339 e. The van der Waals surface area contributed by atoms with E-state index < -0.39 is 15.8 Å². The van der Waals surface area contributed by atoms with Crippen molar-refractivity contribution in [3.63, 3.8) is 0 Å². The Labute approximate surface area is 128 Å². The lowest BCUT2D eigenvalue weighted by molar-refractivity contribution is 0.266. The van der Waals surface area contributed by atoms with E-state index in [4.69, 9.17) is 4.52 Å². The molecule has 22 heavy (non-hydrogen) atoms. The molecule has 1 atom stereocenters. The Morgan fingerprint density at radius 3 is 2.86 bits per heavy atom. The lowest BCUT2D eigenvalue weighted by atomic mass is 10.00. The van der Waals surface area contributed by atoms with Crippen LogP contribution in [0.1, 0.15) is 24.7 Å². The van der Waals surface area contributed by atoms with E-state index in [1.807, 2.05) is 0 Å². The first kappa shape index (κ1) is 15.1. The Balaban J connectivity index is 1.84. The van der Waals surface area contributed by atoms with Crippen LogP contribution in [0, 0.1) is 5.82 Å². The molecule has 1 saturated heterocycles. The Morgan fingerprint density at radius 1 is 1.36 bits per heavy atom. The standard InChI is InChI=1S/C14H16FN3O3S/c1-22(19,20)18-8-4-5-10(9-18)14-16-13(17-21-14)11-6-2-3-7-12(11)15/h2-3,6-7,10H,4-5,8-9H2,1H3/t10-/m1/s1. The van der Waals surface area contributed by atoms with Gasteiger partial charge in [0.15, 0.2) is 0 Å². The van der Waals surface area contributed by atoms with Gasteiger partial charge in [-0.25, -0.2) is 17.1 Å². The zero-order valence-corrected chi connectivity index (χ0v) is 12.9. The topological polar surface area (TPSA) is 76.3 Å². The van der Waals surface area contributed by atoms with Gasteiger partial charge in [0.05, 0.1) is 17.7 Å². The molecular formula is C14H16FN3O3S. The van der Waals surface area contributed by atoms with Gasteiger partial charge in [-0.3, -0.25) is 0 Å². The van der Waals surface area contributed by atoms with E-state index in [2.05, 4.69) is 10.1 Å². The monoisotopic (exact) mass is 325 g/mol. The average molecular weight is 325 g/mol. The van der Waals surface area contributed by atoms with Crippen molar-refractivity contribution in [2.45, 2.75) is 18.8 Å². The van der Waals surface area contributed by atoms with Crippen molar-refractivity contribution in [2.75, 3.05) is 19.3 Å². The van der Waals surface area contributed by atoms with E-state index in [1.54, 1.807) is 18.2 Å². The van der Waals surface area contributed by atoms with Crippen LogP contribution >= 0.6 is 0 Å². The molecule has 6 nitrogen and oxygen atoms in total. The number of aromatic nitrogens is 2. The summed E-state index contributed by atoms with van der Waals surface area (Å²) in [7, 11) is -3.24. The quantitative estimate of drug-likeness (QED) is 0.863. The van der Waals surface area contributed by atoms with Crippen LogP contribution in [0.2, 0.25) is 0 Å². The second-order valence-electron chi connectivity index (χ2n) is 5.40. The molecule has 0 aliphatic carbocycles. The normalized spacial score (nSPS) is 20.2. The van der Waals surface area contributed by atoms with Crippen LogP contribution in [0.15, 0.2) is 28.8 Å². The summed E-state index contributed by atoms with van der Waals surface area (Å²) in [6.45, 7) is 0.821. The van der Waals surface area contributed by atoms with E-state index in [1.165, 1.54) is 16.6 Å². The van der Waals surface area contributed by atoms with Crippen molar-refractivity contribution in [1.29, 1.82) is 0 Å². The highest BCUT2D eigenvalue weighted by Gasteiger charge is 2.30. The van der Waals surface area contributed by atoms with Gasteiger partial charge in [-0.2, -0.15) is 4.98 Å². The molecule has 3 rings (SSSR count). The second kappa shape index (κ2) is 5.77. The summed E-state index contributed by atoms with van der Waals surface area (Å²) < 4.78 is 43.7. The molecule has 0 unspecified atom stereocenters. The summed E-state index contributed by atoms with van der Waals surface area (Å²) in [6.07, 6.45) is 2.69. The molecule has 118 valence electrons. The number of hydrogen-bond donors (Lipinski definition) is 0. The van der Waals surface area contributed by atoms with Crippen LogP contribution in [0.4, 0.5) is 4.39 Å². The highest BCUT2D eigenvalue weighted by atomic mass is 32.2. The maximum atomic E-state index is 13.7. The van der Waals surface area contributed by atoms with Gasteiger partial charge in [0.2, 0.25) is 21.7 Å². The fourth-order valence-corrected chi connectivity index (χ4v) is 3.51. The molecule has 0 bridgehead atoms. The van der Waals surface area contributed by atoms with Gasteiger partial charge in [-0.1, -0.05) is 17.3 Å². The summed E-state index contributed by atoms with van der Waals surface area (Å²) in [5.74, 6) is -0.0380. The van der Waals surface area contributed by atoms with Crippen molar-refractivity contribution in [2.24, 2.45) is 0 Å².